The van der Waals surface area contributed by atoms with Crippen molar-refractivity contribution in [3.05, 3.63) is 65.5 Å². The van der Waals surface area contributed by atoms with Gasteiger partial charge < -0.3 is 0 Å². The molecule has 0 saturated heterocycles. The predicted molar refractivity (Wildman–Crippen MR) is 93.9 cm³/mol. The van der Waals surface area contributed by atoms with Gasteiger partial charge in [-0.15, -0.1) is 0 Å². The molecule has 0 saturated carbocycles. The molecule has 4 nitrogen and oxygen atoms in total. The summed E-state index contributed by atoms with van der Waals surface area (Å²) in [6.45, 7) is 4.34. The van der Waals surface area contributed by atoms with Crippen molar-refractivity contribution in [1.82, 2.24) is 9.71 Å². The van der Waals surface area contributed by atoms with E-state index in [9.17, 15) is 8.42 Å². The van der Waals surface area contributed by atoms with Crippen LogP contribution in [-0.2, 0) is 16.4 Å². The van der Waals surface area contributed by atoms with Crippen LogP contribution in [0, 0.1) is 6.92 Å². The van der Waals surface area contributed by atoms with Crippen LogP contribution in [-0.4, -0.2) is 25.7 Å². The van der Waals surface area contributed by atoms with Crippen molar-refractivity contribution in [2.45, 2.75) is 32.6 Å². The smallest absolute Gasteiger partial charge is 0.211 e. The number of rotatable bonds is 8. The maximum atomic E-state index is 12.0. The van der Waals surface area contributed by atoms with Crippen molar-refractivity contribution in [2.24, 2.45) is 0 Å². The van der Waals surface area contributed by atoms with Gasteiger partial charge in [-0.05, 0) is 42.5 Å². The molecule has 1 N–H and O–H groups in total. The van der Waals surface area contributed by atoms with Gasteiger partial charge in [-0.1, -0.05) is 37.3 Å². The number of benzene rings is 1. The first kappa shape index (κ1) is 17.6. The van der Waals surface area contributed by atoms with Crippen LogP contribution < -0.4 is 4.72 Å². The maximum Gasteiger partial charge on any atom is 0.211 e. The SMILES string of the molecule is CCCS(=O)(=O)NCC(Cc1cccnc1)c1ccccc1C. The third-order valence-corrected chi connectivity index (χ3v) is 5.41. The second-order valence-corrected chi connectivity index (χ2v) is 7.71. The average Bonchev–Trinajstić information content (AvgIpc) is 2.53. The highest BCUT2D eigenvalue weighted by atomic mass is 32.2. The van der Waals surface area contributed by atoms with Crippen LogP contribution in [0.4, 0.5) is 0 Å². The zero-order valence-corrected chi connectivity index (χ0v) is 14.5. The van der Waals surface area contributed by atoms with Gasteiger partial charge in [0.25, 0.3) is 0 Å². The van der Waals surface area contributed by atoms with E-state index >= 15 is 0 Å². The Balaban J connectivity index is 2.20. The van der Waals surface area contributed by atoms with Crippen molar-refractivity contribution >= 4 is 10.0 Å². The first-order chi connectivity index (χ1) is 11.0. The number of hydrogen-bond acceptors (Lipinski definition) is 3. The minimum absolute atomic E-state index is 0.0898. The Morgan fingerprint density at radius 2 is 1.96 bits per heavy atom. The van der Waals surface area contributed by atoms with E-state index in [4.69, 9.17) is 0 Å². The first-order valence-electron chi connectivity index (χ1n) is 7.93. The number of aryl methyl sites for hydroxylation is 1. The van der Waals surface area contributed by atoms with Crippen LogP contribution in [0.5, 0.6) is 0 Å². The molecule has 0 fully saturated rings. The summed E-state index contributed by atoms with van der Waals surface area (Å²) < 4.78 is 26.7. The van der Waals surface area contributed by atoms with E-state index in [0.29, 0.717) is 13.0 Å². The Labute approximate surface area is 139 Å². The zero-order valence-electron chi connectivity index (χ0n) is 13.7. The lowest BCUT2D eigenvalue weighted by atomic mass is 9.90. The van der Waals surface area contributed by atoms with E-state index in [1.165, 1.54) is 11.1 Å². The normalized spacial score (nSPS) is 13.0. The highest BCUT2D eigenvalue weighted by molar-refractivity contribution is 7.89. The number of nitrogens with zero attached hydrogens (tertiary/aromatic N) is 1. The Morgan fingerprint density at radius 3 is 2.61 bits per heavy atom. The van der Waals surface area contributed by atoms with Crippen LogP contribution in [0.25, 0.3) is 0 Å². The predicted octanol–water partition coefficient (Wildman–Crippen LogP) is 3.05. The molecule has 124 valence electrons. The Morgan fingerprint density at radius 1 is 1.17 bits per heavy atom. The number of nitrogens with one attached hydrogen (secondary N) is 1. The number of aromatic nitrogens is 1. The van der Waals surface area contributed by atoms with E-state index in [1.54, 1.807) is 6.20 Å². The van der Waals surface area contributed by atoms with E-state index in [-0.39, 0.29) is 11.7 Å². The summed E-state index contributed by atoms with van der Waals surface area (Å²) in [6, 6.07) is 12.1. The van der Waals surface area contributed by atoms with Gasteiger partial charge >= 0.3 is 0 Å². The molecule has 1 heterocycles. The van der Waals surface area contributed by atoms with Crippen LogP contribution in [0.3, 0.4) is 0 Å². The van der Waals surface area contributed by atoms with Crippen LogP contribution in [0.2, 0.25) is 0 Å². The summed E-state index contributed by atoms with van der Waals surface area (Å²) in [4.78, 5) is 4.15. The summed E-state index contributed by atoms with van der Waals surface area (Å²) in [5.74, 6) is 0.257. The van der Waals surface area contributed by atoms with Crippen molar-refractivity contribution < 1.29 is 8.42 Å². The molecule has 1 unspecified atom stereocenters. The number of hydrogen-bond donors (Lipinski definition) is 1. The van der Waals surface area contributed by atoms with Crippen LogP contribution >= 0.6 is 0 Å². The monoisotopic (exact) mass is 332 g/mol. The Kier molecular flexibility index (Phi) is 6.30. The summed E-state index contributed by atoms with van der Waals surface area (Å²) in [7, 11) is -3.21. The zero-order chi connectivity index (χ0) is 16.7. The number of sulfonamides is 1. The summed E-state index contributed by atoms with van der Waals surface area (Å²) >= 11 is 0. The van der Waals surface area contributed by atoms with Crippen molar-refractivity contribution in [3.8, 4) is 0 Å². The molecule has 0 amide bonds. The van der Waals surface area contributed by atoms with Crippen molar-refractivity contribution in [1.29, 1.82) is 0 Å². The highest BCUT2D eigenvalue weighted by Crippen LogP contribution is 2.23. The van der Waals surface area contributed by atoms with Gasteiger partial charge in [-0.25, -0.2) is 13.1 Å². The van der Waals surface area contributed by atoms with Gasteiger partial charge in [0.2, 0.25) is 10.0 Å². The third kappa shape index (κ3) is 5.44. The van der Waals surface area contributed by atoms with Gasteiger partial charge in [0.1, 0.15) is 0 Å². The molecule has 0 aliphatic heterocycles. The molecule has 1 aromatic heterocycles. The minimum Gasteiger partial charge on any atom is -0.264 e. The molecule has 1 aromatic carbocycles. The second-order valence-electron chi connectivity index (χ2n) is 5.79. The van der Waals surface area contributed by atoms with E-state index < -0.39 is 10.0 Å². The highest BCUT2D eigenvalue weighted by Gasteiger charge is 2.18. The molecular weight excluding hydrogens is 308 g/mol. The lowest BCUT2D eigenvalue weighted by Crippen LogP contribution is -2.31. The topological polar surface area (TPSA) is 59.1 Å². The van der Waals surface area contributed by atoms with Gasteiger partial charge in [-0.3, -0.25) is 4.98 Å². The van der Waals surface area contributed by atoms with Gasteiger partial charge in [0.05, 0.1) is 5.75 Å². The molecule has 2 aromatic rings. The molecule has 0 aliphatic rings. The van der Waals surface area contributed by atoms with Gasteiger partial charge in [-0.2, -0.15) is 0 Å². The summed E-state index contributed by atoms with van der Waals surface area (Å²) in [5.41, 5.74) is 3.46. The fourth-order valence-electron chi connectivity index (χ4n) is 2.71. The van der Waals surface area contributed by atoms with Crippen molar-refractivity contribution in [3.63, 3.8) is 0 Å². The van der Waals surface area contributed by atoms with E-state index in [1.807, 2.05) is 37.4 Å². The fourth-order valence-corrected chi connectivity index (χ4v) is 3.85. The Bertz CT molecular complexity index is 715. The fraction of sp³-hybridized carbons (Fsp3) is 0.389. The molecule has 0 aliphatic carbocycles. The largest absolute Gasteiger partial charge is 0.264 e. The summed E-state index contributed by atoms with van der Waals surface area (Å²) in [5, 5.41) is 0. The lowest BCUT2D eigenvalue weighted by Gasteiger charge is -2.20. The molecule has 5 heteroatoms. The average molecular weight is 332 g/mol. The number of pyridine rings is 1. The summed E-state index contributed by atoms with van der Waals surface area (Å²) in [6.07, 6.45) is 4.96. The van der Waals surface area contributed by atoms with E-state index in [0.717, 1.165) is 12.0 Å². The quantitative estimate of drug-likeness (QED) is 0.808. The molecule has 1 atom stereocenters. The van der Waals surface area contributed by atoms with Gasteiger partial charge in [0, 0.05) is 24.9 Å². The molecule has 0 bridgehead atoms. The molecule has 0 spiro atoms. The minimum atomic E-state index is -3.21. The molecule has 2 rings (SSSR count). The van der Waals surface area contributed by atoms with Crippen molar-refractivity contribution in [2.75, 3.05) is 12.3 Å². The third-order valence-electron chi connectivity index (χ3n) is 3.86. The lowest BCUT2D eigenvalue weighted by molar-refractivity contribution is 0.567. The van der Waals surface area contributed by atoms with E-state index in [2.05, 4.69) is 28.8 Å². The second kappa shape index (κ2) is 8.22. The molecular formula is C18H24N2O2S. The van der Waals surface area contributed by atoms with Gasteiger partial charge in [0.15, 0.2) is 0 Å². The maximum absolute atomic E-state index is 12.0. The van der Waals surface area contributed by atoms with Crippen LogP contribution in [0.1, 0.15) is 36.0 Å². The van der Waals surface area contributed by atoms with Crippen LogP contribution in [0.15, 0.2) is 48.8 Å². The standard InChI is InChI=1S/C18H24N2O2S/c1-3-11-23(21,22)20-14-17(12-16-8-6-10-19-13-16)18-9-5-4-7-15(18)2/h4-10,13,17,20H,3,11-12,14H2,1-2H3. The first-order valence-corrected chi connectivity index (χ1v) is 9.59. The molecule has 23 heavy (non-hydrogen) atoms. The molecule has 0 radical (unpaired) electrons. The Hall–Kier alpha value is -1.72.